The molecule has 2 N–H and O–H groups in total. The highest BCUT2D eigenvalue weighted by Gasteiger charge is 2.11. The zero-order valence-corrected chi connectivity index (χ0v) is 8.43. The molecule has 0 aliphatic rings. The van der Waals surface area contributed by atoms with Crippen LogP contribution in [-0.4, -0.2) is 23.3 Å². The van der Waals surface area contributed by atoms with Gasteiger partial charge in [-0.1, -0.05) is 18.3 Å². The summed E-state index contributed by atoms with van der Waals surface area (Å²) in [6, 6.07) is 0.484. The number of nitrogens with zero attached hydrogens (tertiary/aromatic N) is 3. The van der Waals surface area contributed by atoms with Crippen molar-refractivity contribution in [3.63, 3.8) is 0 Å². The van der Waals surface area contributed by atoms with Gasteiger partial charge in [-0.15, -0.1) is 10.2 Å². The molecule has 0 radical (unpaired) electrons. The van der Waals surface area contributed by atoms with Gasteiger partial charge in [-0.3, -0.25) is 0 Å². The third kappa shape index (κ3) is 1.85. The molecule has 1 atom stereocenters. The Morgan fingerprint density at radius 3 is 2.67 bits per heavy atom. The zero-order chi connectivity index (χ0) is 9.14. The first-order valence-electron chi connectivity index (χ1n) is 3.97. The normalized spacial score (nSPS) is 12.9. The number of nitrogen functional groups attached to an aromatic ring is 1. The second kappa shape index (κ2) is 3.71. The summed E-state index contributed by atoms with van der Waals surface area (Å²) in [7, 11) is 2.01. The van der Waals surface area contributed by atoms with Crippen LogP contribution >= 0.6 is 11.3 Å². The first kappa shape index (κ1) is 9.25. The lowest BCUT2D eigenvalue weighted by atomic mass is 10.2. The maximum atomic E-state index is 5.48. The Morgan fingerprint density at radius 2 is 2.25 bits per heavy atom. The Kier molecular flexibility index (Phi) is 2.86. The average molecular weight is 186 g/mol. The minimum absolute atomic E-state index is 0.484. The van der Waals surface area contributed by atoms with Crippen LogP contribution in [0.15, 0.2) is 0 Å². The van der Waals surface area contributed by atoms with Gasteiger partial charge in [0.15, 0.2) is 0 Å². The summed E-state index contributed by atoms with van der Waals surface area (Å²) < 4.78 is 0. The lowest BCUT2D eigenvalue weighted by molar-refractivity contribution is 0.659. The molecule has 0 fully saturated rings. The van der Waals surface area contributed by atoms with Crippen molar-refractivity contribution < 1.29 is 0 Å². The van der Waals surface area contributed by atoms with Crippen molar-refractivity contribution in [1.29, 1.82) is 0 Å². The molecular weight excluding hydrogens is 172 g/mol. The predicted molar refractivity (Wildman–Crippen MR) is 52.5 cm³/mol. The maximum Gasteiger partial charge on any atom is 0.209 e. The molecule has 0 spiro atoms. The van der Waals surface area contributed by atoms with E-state index in [1.807, 2.05) is 7.05 Å². The summed E-state index contributed by atoms with van der Waals surface area (Å²) in [6.45, 7) is 4.29. The summed E-state index contributed by atoms with van der Waals surface area (Å²) in [5.74, 6) is 0. The van der Waals surface area contributed by atoms with Gasteiger partial charge < -0.3 is 10.6 Å². The monoisotopic (exact) mass is 186 g/mol. The molecule has 1 heterocycles. The van der Waals surface area contributed by atoms with Crippen molar-refractivity contribution in [3.05, 3.63) is 0 Å². The number of anilines is 2. The molecule has 0 aliphatic carbocycles. The van der Waals surface area contributed by atoms with E-state index in [-0.39, 0.29) is 0 Å². The molecule has 0 aromatic carbocycles. The van der Waals surface area contributed by atoms with Crippen molar-refractivity contribution in [2.24, 2.45) is 0 Å². The van der Waals surface area contributed by atoms with Gasteiger partial charge in [0.25, 0.3) is 0 Å². The fraction of sp³-hybridized carbons (Fsp3) is 0.714. The molecule has 0 saturated heterocycles. The first-order valence-corrected chi connectivity index (χ1v) is 4.78. The highest BCUT2D eigenvalue weighted by Crippen LogP contribution is 2.22. The Labute approximate surface area is 76.4 Å². The standard InChI is InChI=1S/C7H14N4S/c1-4-5(2)11(3)7-10-9-6(8)12-7/h5H,4H2,1-3H3,(H2,8,9). The van der Waals surface area contributed by atoms with Crippen LogP contribution in [0.3, 0.4) is 0 Å². The lowest BCUT2D eigenvalue weighted by Crippen LogP contribution is -2.27. The van der Waals surface area contributed by atoms with Crippen LogP contribution in [0.2, 0.25) is 0 Å². The third-order valence-corrected chi connectivity index (χ3v) is 2.83. The summed E-state index contributed by atoms with van der Waals surface area (Å²) >= 11 is 1.42. The van der Waals surface area contributed by atoms with Crippen LogP contribution in [0.25, 0.3) is 0 Å². The van der Waals surface area contributed by atoms with Gasteiger partial charge in [-0.2, -0.15) is 0 Å². The van der Waals surface area contributed by atoms with Gasteiger partial charge >= 0.3 is 0 Å². The van der Waals surface area contributed by atoms with Crippen molar-refractivity contribution in [2.75, 3.05) is 17.7 Å². The van der Waals surface area contributed by atoms with E-state index in [9.17, 15) is 0 Å². The lowest BCUT2D eigenvalue weighted by Gasteiger charge is -2.21. The van der Waals surface area contributed by atoms with Crippen LogP contribution in [0.5, 0.6) is 0 Å². The van der Waals surface area contributed by atoms with Crippen LogP contribution in [0.4, 0.5) is 10.3 Å². The molecule has 0 aliphatic heterocycles. The third-order valence-electron chi connectivity index (χ3n) is 1.98. The fourth-order valence-electron chi connectivity index (χ4n) is 0.831. The molecule has 5 heteroatoms. The fourth-order valence-corrected chi connectivity index (χ4v) is 1.51. The van der Waals surface area contributed by atoms with Crippen molar-refractivity contribution in [2.45, 2.75) is 26.3 Å². The summed E-state index contributed by atoms with van der Waals surface area (Å²) in [5, 5.41) is 9.13. The molecule has 0 saturated carbocycles. The van der Waals surface area contributed by atoms with E-state index in [1.165, 1.54) is 11.3 Å². The van der Waals surface area contributed by atoms with Gasteiger partial charge in [0.05, 0.1) is 0 Å². The quantitative estimate of drug-likeness (QED) is 0.774. The highest BCUT2D eigenvalue weighted by atomic mass is 32.1. The smallest absolute Gasteiger partial charge is 0.209 e. The summed E-state index contributed by atoms with van der Waals surface area (Å²) in [4.78, 5) is 2.09. The first-order chi connectivity index (χ1) is 5.65. The van der Waals surface area contributed by atoms with Crippen LogP contribution < -0.4 is 10.6 Å². The van der Waals surface area contributed by atoms with E-state index >= 15 is 0 Å². The van der Waals surface area contributed by atoms with Gasteiger partial charge in [-0.05, 0) is 13.3 Å². The van der Waals surface area contributed by atoms with Gasteiger partial charge in [0.2, 0.25) is 10.3 Å². The SMILES string of the molecule is CCC(C)N(C)c1nnc(N)s1. The molecule has 1 rings (SSSR count). The summed E-state index contributed by atoms with van der Waals surface area (Å²) in [6.07, 6.45) is 1.09. The maximum absolute atomic E-state index is 5.48. The molecule has 68 valence electrons. The molecule has 1 aromatic rings. The Hall–Kier alpha value is -0.840. The van der Waals surface area contributed by atoms with E-state index in [4.69, 9.17) is 5.73 Å². The number of hydrogen-bond donors (Lipinski definition) is 1. The van der Waals surface area contributed by atoms with E-state index in [1.54, 1.807) is 0 Å². The minimum atomic E-state index is 0.484. The van der Waals surface area contributed by atoms with Crippen molar-refractivity contribution >= 4 is 21.6 Å². The largest absolute Gasteiger partial charge is 0.374 e. The predicted octanol–water partition coefficient (Wildman–Crippen LogP) is 1.36. The van der Waals surface area contributed by atoms with E-state index in [0.717, 1.165) is 11.6 Å². The highest BCUT2D eigenvalue weighted by molar-refractivity contribution is 7.18. The van der Waals surface area contributed by atoms with Gasteiger partial charge in [-0.25, -0.2) is 0 Å². The number of aromatic nitrogens is 2. The molecule has 4 nitrogen and oxygen atoms in total. The van der Waals surface area contributed by atoms with Crippen LogP contribution in [0.1, 0.15) is 20.3 Å². The molecule has 0 bridgehead atoms. The number of hydrogen-bond acceptors (Lipinski definition) is 5. The second-order valence-corrected chi connectivity index (χ2v) is 3.78. The topological polar surface area (TPSA) is 55.0 Å². The van der Waals surface area contributed by atoms with Crippen LogP contribution in [0, 0.1) is 0 Å². The van der Waals surface area contributed by atoms with E-state index in [2.05, 4.69) is 28.9 Å². The Bertz CT molecular complexity index is 247. The second-order valence-electron chi connectivity index (χ2n) is 2.79. The molecule has 12 heavy (non-hydrogen) atoms. The van der Waals surface area contributed by atoms with Crippen molar-refractivity contribution in [1.82, 2.24) is 10.2 Å². The molecular formula is C7H14N4S. The molecule has 1 aromatic heterocycles. The van der Waals surface area contributed by atoms with E-state index in [0.29, 0.717) is 11.2 Å². The summed E-state index contributed by atoms with van der Waals surface area (Å²) in [5.41, 5.74) is 5.48. The Morgan fingerprint density at radius 1 is 1.58 bits per heavy atom. The van der Waals surface area contributed by atoms with Gasteiger partial charge in [0, 0.05) is 13.1 Å². The van der Waals surface area contributed by atoms with Crippen molar-refractivity contribution in [3.8, 4) is 0 Å². The number of nitrogens with two attached hydrogens (primary N) is 1. The Balaban J connectivity index is 2.70. The number of rotatable bonds is 3. The van der Waals surface area contributed by atoms with Gasteiger partial charge in [0.1, 0.15) is 0 Å². The van der Waals surface area contributed by atoms with E-state index < -0.39 is 0 Å². The average Bonchev–Trinajstić information content (AvgIpc) is 2.49. The zero-order valence-electron chi connectivity index (χ0n) is 7.61. The molecule has 1 unspecified atom stereocenters. The minimum Gasteiger partial charge on any atom is -0.374 e. The molecule has 0 amide bonds. The van der Waals surface area contributed by atoms with Crippen LogP contribution in [-0.2, 0) is 0 Å².